The van der Waals surface area contributed by atoms with Gasteiger partial charge in [0.15, 0.2) is 0 Å². The van der Waals surface area contributed by atoms with Crippen LogP contribution in [0.5, 0.6) is 0 Å². The van der Waals surface area contributed by atoms with Crippen molar-refractivity contribution in [3.63, 3.8) is 0 Å². The molecule has 0 heterocycles. The Kier molecular flexibility index (Phi) is 3.23. The number of carbonyl (C=O) groups excluding carboxylic acids is 1. The van der Waals surface area contributed by atoms with Crippen molar-refractivity contribution in [1.82, 2.24) is 5.32 Å². The first kappa shape index (κ1) is 14.4. The average Bonchev–Trinajstić information content (AvgIpc) is 2.22. The summed E-state index contributed by atoms with van der Waals surface area (Å²) in [4.78, 5) is 12.4. The van der Waals surface area contributed by atoms with Crippen LogP contribution in [0.3, 0.4) is 0 Å². The molecule has 0 aromatic heterocycles. The van der Waals surface area contributed by atoms with E-state index < -0.39 is 0 Å². The average molecular weight is 277 g/mol. The third kappa shape index (κ3) is 2.51. The molecule has 4 rings (SSSR count). The van der Waals surface area contributed by atoms with Gasteiger partial charge < -0.3 is 5.32 Å². The van der Waals surface area contributed by atoms with Gasteiger partial charge in [-0.2, -0.15) is 0 Å². The molecule has 0 aliphatic heterocycles. The summed E-state index contributed by atoms with van der Waals surface area (Å²) in [6, 6.07) is 0.322. The Hall–Kier alpha value is -0.530. The molecule has 4 bridgehead atoms. The van der Waals surface area contributed by atoms with Gasteiger partial charge in [-0.1, -0.05) is 20.8 Å². The van der Waals surface area contributed by atoms with Crippen LogP contribution in [-0.2, 0) is 4.79 Å². The van der Waals surface area contributed by atoms with Gasteiger partial charge in [-0.05, 0) is 74.0 Å². The zero-order chi connectivity index (χ0) is 14.6. The highest BCUT2D eigenvalue weighted by Gasteiger charge is 2.60. The van der Waals surface area contributed by atoms with Crippen LogP contribution >= 0.6 is 0 Å². The van der Waals surface area contributed by atoms with Crippen LogP contribution in [0.25, 0.3) is 0 Å². The normalized spacial score (nSPS) is 47.3. The van der Waals surface area contributed by atoms with Crippen molar-refractivity contribution >= 4 is 5.91 Å². The van der Waals surface area contributed by atoms with Gasteiger partial charge in [-0.3, -0.25) is 4.79 Å². The topological polar surface area (TPSA) is 29.1 Å². The Labute approximate surface area is 124 Å². The van der Waals surface area contributed by atoms with Gasteiger partial charge in [0.05, 0.1) is 0 Å². The van der Waals surface area contributed by atoms with Crippen LogP contribution in [0, 0.1) is 22.2 Å². The summed E-state index contributed by atoms with van der Waals surface area (Å²) in [5, 5.41) is 3.19. The summed E-state index contributed by atoms with van der Waals surface area (Å²) in [5.41, 5.74) is 1.36. The van der Waals surface area contributed by atoms with Crippen molar-refractivity contribution in [3.8, 4) is 0 Å². The molecule has 2 nitrogen and oxygen atoms in total. The van der Waals surface area contributed by atoms with Crippen LogP contribution in [0.2, 0.25) is 0 Å². The lowest BCUT2D eigenvalue weighted by atomic mass is 9.40. The zero-order valence-electron chi connectivity index (χ0n) is 13.7. The highest BCUT2D eigenvalue weighted by molar-refractivity contribution is 5.77. The van der Waals surface area contributed by atoms with E-state index in [1.807, 2.05) is 0 Å². The first-order valence-corrected chi connectivity index (χ1v) is 8.55. The van der Waals surface area contributed by atoms with E-state index >= 15 is 0 Å². The molecular formula is C18H31NO. The molecule has 0 spiro atoms. The molecule has 2 heteroatoms. The Morgan fingerprint density at radius 3 is 2.25 bits per heavy atom. The molecule has 1 amide bonds. The lowest BCUT2D eigenvalue weighted by Gasteiger charge is -2.65. The quantitative estimate of drug-likeness (QED) is 0.816. The minimum Gasteiger partial charge on any atom is -0.354 e. The van der Waals surface area contributed by atoms with E-state index in [-0.39, 0.29) is 0 Å². The van der Waals surface area contributed by atoms with Gasteiger partial charge in [-0.15, -0.1) is 0 Å². The fourth-order valence-electron chi connectivity index (χ4n) is 6.65. The number of hydrogen-bond donors (Lipinski definition) is 1. The Morgan fingerprint density at radius 2 is 1.75 bits per heavy atom. The molecule has 0 aromatic carbocycles. The second-order valence-corrected chi connectivity index (χ2v) is 9.18. The molecule has 3 unspecified atom stereocenters. The standard InChI is InChI=1S/C18H31NO/c1-5-13(2)19-15(20)9-18-8-14-6-16(3,11-18)10-17(4,7-14)12-18/h13-14H,5-12H2,1-4H3,(H,19,20). The smallest absolute Gasteiger partial charge is 0.220 e. The zero-order valence-corrected chi connectivity index (χ0v) is 13.7. The molecule has 0 radical (unpaired) electrons. The molecule has 4 aliphatic carbocycles. The van der Waals surface area contributed by atoms with E-state index in [9.17, 15) is 4.79 Å². The summed E-state index contributed by atoms with van der Waals surface area (Å²) in [6.45, 7) is 9.21. The summed E-state index contributed by atoms with van der Waals surface area (Å²) >= 11 is 0. The van der Waals surface area contributed by atoms with E-state index in [2.05, 4.69) is 33.0 Å². The maximum atomic E-state index is 12.4. The van der Waals surface area contributed by atoms with Crippen LogP contribution < -0.4 is 5.32 Å². The lowest BCUT2D eigenvalue weighted by Crippen LogP contribution is -2.56. The number of carbonyl (C=O) groups is 1. The largest absolute Gasteiger partial charge is 0.354 e. The molecule has 4 saturated carbocycles. The highest BCUT2D eigenvalue weighted by atomic mass is 16.1. The van der Waals surface area contributed by atoms with Gasteiger partial charge in [0, 0.05) is 12.5 Å². The minimum atomic E-state index is 0.300. The molecular weight excluding hydrogens is 246 g/mol. The Morgan fingerprint density at radius 1 is 1.15 bits per heavy atom. The predicted molar refractivity (Wildman–Crippen MR) is 82.4 cm³/mol. The minimum absolute atomic E-state index is 0.300. The molecule has 4 aliphatic rings. The van der Waals surface area contributed by atoms with Crippen LogP contribution in [0.15, 0.2) is 0 Å². The van der Waals surface area contributed by atoms with Crippen molar-refractivity contribution in [2.75, 3.05) is 0 Å². The van der Waals surface area contributed by atoms with Crippen LogP contribution in [-0.4, -0.2) is 11.9 Å². The van der Waals surface area contributed by atoms with Gasteiger partial charge in [0.2, 0.25) is 5.91 Å². The number of amides is 1. The second-order valence-electron chi connectivity index (χ2n) is 9.18. The summed E-state index contributed by atoms with van der Waals surface area (Å²) in [7, 11) is 0. The first-order chi connectivity index (χ1) is 9.26. The monoisotopic (exact) mass is 277 g/mol. The van der Waals surface area contributed by atoms with E-state index in [0.717, 1.165) is 18.8 Å². The number of rotatable bonds is 4. The van der Waals surface area contributed by atoms with E-state index in [1.54, 1.807) is 0 Å². The number of hydrogen-bond acceptors (Lipinski definition) is 1. The summed E-state index contributed by atoms with van der Waals surface area (Å²) in [5.74, 6) is 1.19. The van der Waals surface area contributed by atoms with Crippen molar-refractivity contribution in [1.29, 1.82) is 0 Å². The second kappa shape index (κ2) is 4.48. The van der Waals surface area contributed by atoms with E-state index in [1.165, 1.54) is 38.5 Å². The molecule has 0 aromatic rings. The SMILES string of the molecule is CCC(C)NC(=O)CC12CC3CC(C)(CC(C)(C3)C1)C2. The molecule has 114 valence electrons. The Bertz CT molecular complexity index is 398. The predicted octanol–water partition coefficient (Wildman–Crippen LogP) is 4.29. The van der Waals surface area contributed by atoms with E-state index in [0.29, 0.717) is 28.2 Å². The van der Waals surface area contributed by atoms with Crippen molar-refractivity contribution in [2.45, 2.75) is 85.1 Å². The third-order valence-electron chi connectivity index (χ3n) is 6.30. The van der Waals surface area contributed by atoms with Crippen molar-refractivity contribution in [2.24, 2.45) is 22.2 Å². The lowest BCUT2D eigenvalue weighted by molar-refractivity contribution is -0.156. The summed E-state index contributed by atoms with van der Waals surface area (Å²) in [6.07, 6.45) is 9.92. The highest BCUT2D eigenvalue weighted by Crippen LogP contribution is 2.70. The third-order valence-corrected chi connectivity index (χ3v) is 6.30. The molecule has 4 fully saturated rings. The van der Waals surface area contributed by atoms with Crippen LogP contribution in [0.1, 0.15) is 79.1 Å². The van der Waals surface area contributed by atoms with Crippen LogP contribution in [0.4, 0.5) is 0 Å². The first-order valence-electron chi connectivity index (χ1n) is 8.55. The van der Waals surface area contributed by atoms with Gasteiger partial charge in [0.25, 0.3) is 0 Å². The van der Waals surface area contributed by atoms with E-state index in [4.69, 9.17) is 0 Å². The molecule has 20 heavy (non-hydrogen) atoms. The molecule has 1 N–H and O–H groups in total. The summed E-state index contributed by atoms with van der Waals surface area (Å²) < 4.78 is 0. The number of nitrogens with one attached hydrogen (secondary N) is 1. The fraction of sp³-hybridized carbons (Fsp3) is 0.944. The fourth-order valence-corrected chi connectivity index (χ4v) is 6.65. The Balaban J connectivity index is 1.74. The van der Waals surface area contributed by atoms with Crippen molar-refractivity contribution in [3.05, 3.63) is 0 Å². The maximum absolute atomic E-state index is 12.4. The molecule has 0 saturated heterocycles. The van der Waals surface area contributed by atoms with Gasteiger partial charge in [0.1, 0.15) is 0 Å². The van der Waals surface area contributed by atoms with Gasteiger partial charge >= 0.3 is 0 Å². The van der Waals surface area contributed by atoms with Gasteiger partial charge in [-0.25, -0.2) is 0 Å². The van der Waals surface area contributed by atoms with Crippen molar-refractivity contribution < 1.29 is 4.79 Å². The maximum Gasteiger partial charge on any atom is 0.220 e. The molecule has 3 atom stereocenters.